The molecule has 0 aromatic carbocycles. The van der Waals surface area contributed by atoms with Crippen LogP contribution in [0.3, 0.4) is 0 Å². The van der Waals surface area contributed by atoms with Gasteiger partial charge in [-0.1, -0.05) is 0 Å². The minimum atomic E-state index is -0.170. The van der Waals surface area contributed by atoms with E-state index in [1.54, 1.807) is 41.6 Å². The average molecular weight is 306 g/mol. The van der Waals surface area contributed by atoms with Crippen molar-refractivity contribution in [3.05, 3.63) is 45.9 Å². The number of nitrogens with one attached hydrogen (secondary N) is 1. The molecule has 1 unspecified atom stereocenters. The van der Waals surface area contributed by atoms with Crippen molar-refractivity contribution in [2.75, 3.05) is 11.1 Å². The number of aliphatic hydroxyl groups is 1. The second kappa shape index (κ2) is 5.95. The van der Waals surface area contributed by atoms with E-state index in [1.807, 2.05) is 11.4 Å². The highest BCUT2D eigenvalue weighted by molar-refractivity contribution is 8.00. The molecule has 0 saturated heterocycles. The zero-order chi connectivity index (χ0) is 13.9. The highest BCUT2D eigenvalue weighted by Gasteiger charge is 2.28. The van der Waals surface area contributed by atoms with Crippen molar-refractivity contribution in [3.63, 3.8) is 0 Å². The minimum Gasteiger partial charge on any atom is -0.392 e. The number of fused-ring (bicyclic) bond motifs is 1. The van der Waals surface area contributed by atoms with E-state index in [1.165, 1.54) is 4.88 Å². The normalized spacial score (nSPS) is 17.6. The number of carbonyl (C=O) groups excluding carboxylic acids is 1. The summed E-state index contributed by atoms with van der Waals surface area (Å²) in [6.45, 7) is -0.111. The van der Waals surface area contributed by atoms with Gasteiger partial charge in [-0.3, -0.25) is 9.78 Å². The predicted molar refractivity (Wildman–Crippen MR) is 82.0 cm³/mol. The molecule has 3 rings (SSSR count). The lowest BCUT2D eigenvalue weighted by Gasteiger charge is -2.21. The quantitative estimate of drug-likeness (QED) is 0.915. The van der Waals surface area contributed by atoms with Crippen LogP contribution in [0.1, 0.15) is 21.3 Å². The lowest BCUT2D eigenvalue weighted by Crippen LogP contribution is -2.22. The topological polar surface area (TPSA) is 62.2 Å². The third-order valence-electron chi connectivity index (χ3n) is 3.25. The summed E-state index contributed by atoms with van der Waals surface area (Å²) in [7, 11) is 0. The van der Waals surface area contributed by atoms with E-state index < -0.39 is 0 Å². The molecule has 3 heterocycles. The molecular weight excluding hydrogens is 292 g/mol. The zero-order valence-corrected chi connectivity index (χ0v) is 12.3. The van der Waals surface area contributed by atoms with E-state index in [-0.39, 0.29) is 17.8 Å². The van der Waals surface area contributed by atoms with Gasteiger partial charge in [-0.05, 0) is 35.2 Å². The van der Waals surface area contributed by atoms with Crippen LogP contribution in [0.25, 0.3) is 0 Å². The summed E-state index contributed by atoms with van der Waals surface area (Å²) in [4.78, 5) is 17.8. The summed E-state index contributed by atoms with van der Waals surface area (Å²) in [5, 5.41) is 14.0. The van der Waals surface area contributed by atoms with Crippen molar-refractivity contribution in [2.45, 2.75) is 18.3 Å². The van der Waals surface area contributed by atoms with E-state index in [9.17, 15) is 9.90 Å². The van der Waals surface area contributed by atoms with Gasteiger partial charge < -0.3 is 10.4 Å². The number of rotatable bonds is 3. The van der Waals surface area contributed by atoms with Crippen molar-refractivity contribution < 1.29 is 9.90 Å². The van der Waals surface area contributed by atoms with Crippen LogP contribution in [0.2, 0.25) is 0 Å². The summed E-state index contributed by atoms with van der Waals surface area (Å²) in [5.74, 6) is 0.919. The number of aromatic nitrogens is 1. The highest BCUT2D eigenvalue weighted by Crippen LogP contribution is 2.40. The van der Waals surface area contributed by atoms with Gasteiger partial charge >= 0.3 is 0 Å². The molecule has 2 aromatic rings. The fourth-order valence-corrected chi connectivity index (χ4v) is 4.53. The molecule has 0 radical (unpaired) electrons. The van der Waals surface area contributed by atoms with Crippen LogP contribution in [0.5, 0.6) is 0 Å². The minimum absolute atomic E-state index is 0.0444. The van der Waals surface area contributed by atoms with Crippen LogP contribution in [-0.4, -0.2) is 21.8 Å². The maximum atomic E-state index is 12.5. The fraction of sp³-hybridized carbons (Fsp3) is 0.286. The van der Waals surface area contributed by atoms with Crippen LogP contribution in [-0.2, 0) is 17.8 Å². The molecule has 104 valence electrons. The standard InChI is InChI=1S/C14H14N2O2S2/c17-8-9-1-4-15-7-11(9)16-14(18)13-10-2-5-19-12(10)3-6-20-13/h1-2,4-5,7,13,17H,3,6,8H2,(H,16,18). The average Bonchev–Trinajstić information content (AvgIpc) is 2.96. The first-order valence-corrected chi connectivity index (χ1v) is 8.25. The van der Waals surface area contributed by atoms with Gasteiger partial charge in [0.15, 0.2) is 0 Å². The largest absolute Gasteiger partial charge is 0.392 e. The van der Waals surface area contributed by atoms with Gasteiger partial charge in [-0.2, -0.15) is 0 Å². The SMILES string of the molecule is O=C(Nc1cnccc1CO)C1SCCc2sccc21. The number of thioether (sulfide) groups is 1. The summed E-state index contributed by atoms with van der Waals surface area (Å²) in [5.41, 5.74) is 2.39. The molecule has 0 fully saturated rings. The van der Waals surface area contributed by atoms with Crippen molar-refractivity contribution >= 4 is 34.7 Å². The van der Waals surface area contributed by atoms with Crippen LogP contribution in [0, 0.1) is 0 Å². The van der Waals surface area contributed by atoms with E-state index in [0.29, 0.717) is 11.3 Å². The summed E-state index contributed by atoms with van der Waals surface area (Å²) in [6.07, 6.45) is 4.22. The number of amides is 1. The number of anilines is 1. The molecule has 1 amide bonds. The van der Waals surface area contributed by atoms with E-state index in [2.05, 4.69) is 10.3 Å². The summed E-state index contributed by atoms with van der Waals surface area (Å²) < 4.78 is 0. The molecule has 0 spiro atoms. The number of pyridine rings is 1. The Labute approximate surface area is 125 Å². The molecule has 1 aliphatic rings. The maximum Gasteiger partial charge on any atom is 0.242 e. The second-order valence-electron chi connectivity index (χ2n) is 4.48. The second-order valence-corrected chi connectivity index (χ2v) is 6.69. The number of carbonyl (C=O) groups is 1. The van der Waals surface area contributed by atoms with Crippen LogP contribution in [0.4, 0.5) is 5.69 Å². The Kier molecular flexibility index (Phi) is 4.05. The number of hydrogen-bond donors (Lipinski definition) is 2. The van der Waals surface area contributed by atoms with Gasteiger partial charge in [0.1, 0.15) is 5.25 Å². The molecule has 6 heteroatoms. The Morgan fingerprint density at radius 1 is 1.50 bits per heavy atom. The van der Waals surface area contributed by atoms with Crippen molar-refractivity contribution in [1.29, 1.82) is 0 Å². The third-order valence-corrected chi connectivity index (χ3v) is 5.49. The first-order valence-electron chi connectivity index (χ1n) is 6.32. The molecule has 0 aliphatic carbocycles. The first-order chi connectivity index (χ1) is 9.79. The summed E-state index contributed by atoms with van der Waals surface area (Å²) in [6, 6.07) is 3.74. The third kappa shape index (κ3) is 2.59. The van der Waals surface area contributed by atoms with Gasteiger partial charge in [-0.15, -0.1) is 23.1 Å². The number of nitrogens with zero attached hydrogens (tertiary/aromatic N) is 1. The molecule has 20 heavy (non-hydrogen) atoms. The van der Waals surface area contributed by atoms with E-state index in [0.717, 1.165) is 17.7 Å². The molecular formula is C14H14N2O2S2. The molecule has 0 bridgehead atoms. The monoisotopic (exact) mass is 306 g/mol. The molecule has 2 N–H and O–H groups in total. The number of aliphatic hydroxyl groups excluding tert-OH is 1. The fourth-order valence-electron chi connectivity index (χ4n) is 2.24. The Bertz CT molecular complexity index is 627. The maximum absolute atomic E-state index is 12.5. The van der Waals surface area contributed by atoms with Gasteiger partial charge in [0.05, 0.1) is 18.5 Å². The van der Waals surface area contributed by atoms with Crippen molar-refractivity contribution in [3.8, 4) is 0 Å². The lowest BCUT2D eigenvalue weighted by molar-refractivity contribution is -0.115. The number of hydrogen-bond acceptors (Lipinski definition) is 5. The van der Waals surface area contributed by atoms with E-state index in [4.69, 9.17) is 0 Å². The van der Waals surface area contributed by atoms with E-state index >= 15 is 0 Å². The molecule has 1 aliphatic heterocycles. The Hall–Kier alpha value is -1.37. The zero-order valence-electron chi connectivity index (χ0n) is 10.7. The van der Waals surface area contributed by atoms with Crippen LogP contribution < -0.4 is 5.32 Å². The van der Waals surface area contributed by atoms with Gasteiger partial charge in [0.25, 0.3) is 0 Å². The summed E-state index contributed by atoms with van der Waals surface area (Å²) >= 11 is 3.38. The number of thiophene rings is 1. The Morgan fingerprint density at radius 3 is 3.25 bits per heavy atom. The molecule has 2 aromatic heterocycles. The molecule has 1 atom stereocenters. The highest BCUT2D eigenvalue weighted by atomic mass is 32.2. The smallest absolute Gasteiger partial charge is 0.242 e. The molecule has 4 nitrogen and oxygen atoms in total. The lowest BCUT2D eigenvalue weighted by atomic mass is 10.1. The molecule has 0 saturated carbocycles. The van der Waals surface area contributed by atoms with Crippen molar-refractivity contribution in [2.24, 2.45) is 0 Å². The van der Waals surface area contributed by atoms with Crippen LogP contribution >= 0.6 is 23.1 Å². The number of aryl methyl sites for hydroxylation is 1. The van der Waals surface area contributed by atoms with Crippen LogP contribution in [0.15, 0.2) is 29.9 Å². The Balaban J connectivity index is 1.81. The van der Waals surface area contributed by atoms with Gasteiger partial charge in [0.2, 0.25) is 5.91 Å². The van der Waals surface area contributed by atoms with Gasteiger partial charge in [0, 0.05) is 16.6 Å². The Morgan fingerprint density at radius 2 is 2.40 bits per heavy atom. The van der Waals surface area contributed by atoms with Crippen molar-refractivity contribution in [1.82, 2.24) is 4.98 Å². The first kappa shape index (κ1) is 13.6. The predicted octanol–water partition coefficient (Wildman–Crippen LogP) is 2.60. The van der Waals surface area contributed by atoms with Gasteiger partial charge in [-0.25, -0.2) is 0 Å².